The minimum atomic E-state index is -0.442. The molecule has 0 aliphatic carbocycles. The van der Waals surface area contributed by atoms with Crippen molar-refractivity contribution in [2.24, 2.45) is 0 Å². The lowest BCUT2D eigenvalue weighted by atomic mass is 10.2. The Morgan fingerprint density at radius 1 is 1.18 bits per heavy atom. The first kappa shape index (κ1) is 17.7. The molecule has 0 saturated carbocycles. The maximum absolute atomic E-state index is 12.6. The molecule has 2 heterocycles. The number of benzene rings is 2. The zero-order chi connectivity index (χ0) is 19.5. The molecule has 0 saturated heterocycles. The van der Waals surface area contributed by atoms with Crippen LogP contribution in [0.1, 0.15) is 16.8 Å². The molecular formula is C19H13ClN6O2. The molecule has 28 heavy (non-hydrogen) atoms. The van der Waals surface area contributed by atoms with Gasteiger partial charge in [0, 0.05) is 6.54 Å². The van der Waals surface area contributed by atoms with E-state index in [1.165, 1.54) is 0 Å². The van der Waals surface area contributed by atoms with Gasteiger partial charge in [0.25, 0.3) is 5.91 Å². The molecule has 1 amide bonds. The number of anilines is 1. The molecule has 2 aromatic carbocycles. The van der Waals surface area contributed by atoms with Gasteiger partial charge >= 0.3 is 0 Å². The Bertz CT molecular complexity index is 1210. The van der Waals surface area contributed by atoms with Gasteiger partial charge in [-0.15, -0.1) is 0 Å². The first-order chi connectivity index (χ1) is 13.7. The van der Waals surface area contributed by atoms with Crippen LogP contribution in [0.4, 0.5) is 5.82 Å². The molecule has 4 rings (SSSR count). The van der Waals surface area contributed by atoms with E-state index in [-0.39, 0.29) is 11.5 Å². The molecule has 1 N–H and O–H groups in total. The minimum Gasteiger partial charge on any atom is -0.321 e. The third-order valence-corrected chi connectivity index (χ3v) is 4.48. The number of nitriles is 1. The number of nitrogens with one attached hydrogen (secondary N) is 1. The van der Waals surface area contributed by atoms with Crippen molar-refractivity contribution in [1.82, 2.24) is 19.9 Å². The van der Waals surface area contributed by atoms with E-state index in [9.17, 15) is 4.79 Å². The number of rotatable bonds is 5. The van der Waals surface area contributed by atoms with Crippen molar-refractivity contribution in [3.8, 4) is 17.6 Å². The fraction of sp³-hybridized carbons (Fsp3) is 0.105. The number of nitrogens with zero attached hydrogens (tertiary/aromatic N) is 5. The van der Waals surface area contributed by atoms with Crippen LogP contribution >= 0.6 is 11.6 Å². The van der Waals surface area contributed by atoms with E-state index < -0.39 is 5.91 Å². The zero-order valence-corrected chi connectivity index (χ0v) is 15.2. The van der Waals surface area contributed by atoms with Crippen molar-refractivity contribution >= 4 is 34.4 Å². The first-order valence-electron chi connectivity index (χ1n) is 8.40. The third kappa shape index (κ3) is 3.19. The normalized spacial score (nSPS) is 10.7. The van der Waals surface area contributed by atoms with Gasteiger partial charge in [-0.25, -0.2) is 9.61 Å². The molecule has 0 aliphatic heterocycles. The molecule has 138 valence electrons. The highest BCUT2D eigenvalue weighted by Crippen LogP contribution is 2.29. The Kier molecular flexibility index (Phi) is 4.74. The minimum absolute atomic E-state index is 0.124. The summed E-state index contributed by atoms with van der Waals surface area (Å²) in [5, 5.41) is 19.7. The van der Waals surface area contributed by atoms with Gasteiger partial charge in [0.05, 0.1) is 34.1 Å². The van der Waals surface area contributed by atoms with Gasteiger partial charge in [-0.3, -0.25) is 4.79 Å². The SMILES string of the molecule is N#CCCn1c(-c2nonc2NC(=O)c2ccccc2Cl)nc2ccccc21. The number of amides is 1. The number of fused-ring (bicyclic) bond motifs is 1. The predicted molar refractivity (Wildman–Crippen MR) is 103 cm³/mol. The van der Waals surface area contributed by atoms with Crippen LogP contribution in [-0.4, -0.2) is 25.8 Å². The second-order valence-corrected chi connectivity index (χ2v) is 6.29. The van der Waals surface area contributed by atoms with E-state index in [1.54, 1.807) is 24.3 Å². The summed E-state index contributed by atoms with van der Waals surface area (Å²) in [4.78, 5) is 17.2. The number of hydrogen-bond acceptors (Lipinski definition) is 6. The second kappa shape index (κ2) is 7.50. The summed E-state index contributed by atoms with van der Waals surface area (Å²) in [5.74, 6) is 0.132. The highest BCUT2D eigenvalue weighted by molar-refractivity contribution is 6.34. The number of imidazole rings is 1. The summed E-state index contributed by atoms with van der Waals surface area (Å²) in [6.45, 7) is 0.414. The van der Waals surface area contributed by atoms with E-state index in [0.29, 0.717) is 29.4 Å². The van der Waals surface area contributed by atoms with Gasteiger partial charge in [0.1, 0.15) is 0 Å². The number of carbonyl (C=O) groups excluding carboxylic acids is 1. The van der Waals surface area contributed by atoms with Crippen molar-refractivity contribution in [1.29, 1.82) is 5.26 Å². The Hall–Kier alpha value is -3.70. The monoisotopic (exact) mass is 392 g/mol. The van der Waals surface area contributed by atoms with Crippen molar-refractivity contribution in [2.45, 2.75) is 13.0 Å². The standard InChI is InChI=1S/C19H13ClN6O2/c20-13-7-2-1-6-12(13)19(27)23-17-16(24-28-25-17)18-22-14-8-3-4-9-15(14)26(18)11-5-10-21/h1-4,6-9H,5,11H2,(H,23,25,27). The largest absolute Gasteiger partial charge is 0.321 e. The maximum Gasteiger partial charge on any atom is 0.258 e. The highest BCUT2D eigenvalue weighted by Gasteiger charge is 2.22. The van der Waals surface area contributed by atoms with Gasteiger partial charge in [0.15, 0.2) is 11.5 Å². The Balaban J connectivity index is 1.74. The molecule has 0 spiro atoms. The zero-order valence-electron chi connectivity index (χ0n) is 14.5. The molecule has 0 aliphatic rings. The average Bonchev–Trinajstić information content (AvgIpc) is 3.30. The van der Waals surface area contributed by atoms with Crippen LogP contribution in [0.15, 0.2) is 53.2 Å². The lowest BCUT2D eigenvalue weighted by Crippen LogP contribution is -2.14. The van der Waals surface area contributed by atoms with Crippen LogP contribution < -0.4 is 5.32 Å². The summed E-state index contributed by atoms with van der Waals surface area (Å²) in [6, 6.07) is 16.3. The smallest absolute Gasteiger partial charge is 0.258 e. The maximum atomic E-state index is 12.6. The van der Waals surface area contributed by atoms with Crippen LogP contribution in [0.5, 0.6) is 0 Å². The van der Waals surface area contributed by atoms with E-state index >= 15 is 0 Å². The number of carbonyl (C=O) groups is 1. The molecule has 0 atom stereocenters. The van der Waals surface area contributed by atoms with Crippen LogP contribution in [0.25, 0.3) is 22.6 Å². The number of aromatic nitrogens is 4. The van der Waals surface area contributed by atoms with Crippen LogP contribution in [0, 0.1) is 11.3 Å². The van der Waals surface area contributed by atoms with Gasteiger partial charge in [-0.1, -0.05) is 35.9 Å². The van der Waals surface area contributed by atoms with Crippen molar-refractivity contribution in [3.05, 3.63) is 59.1 Å². The number of halogens is 1. The van der Waals surface area contributed by atoms with E-state index in [2.05, 4.69) is 26.7 Å². The number of aryl methyl sites for hydroxylation is 1. The summed E-state index contributed by atoms with van der Waals surface area (Å²) < 4.78 is 6.71. The van der Waals surface area contributed by atoms with Gasteiger partial charge in [-0.05, 0) is 34.6 Å². The lowest BCUT2D eigenvalue weighted by molar-refractivity contribution is 0.102. The van der Waals surface area contributed by atoms with Gasteiger partial charge < -0.3 is 9.88 Å². The fourth-order valence-electron chi connectivity index (χ4n) is 2.88. The summed E-state index contributed by atoms with van der Waals surface area (Å²) in [7, 11) is 0. The van der Waals surface area contributed by atoms with E-state index in [4.69, 9.17) is 21.5 Å². The van der Waals surface area contributed by atoms with E-state index in [0.717, 1.165) is 11.0 Å². The molecule has 2 aromatic heterocycles. The van der Waals surface area contributed by atoms with Crippen LogP contribution in [-0.2, 0) is 6.54 Å². The summed E-state index contributed by atoms with van der Waals surface area (Å²) in [6.07, 6.45) is 0.292. The van der Waals surface area contributed by atoms with Gasteiger partial charge in [0.2, 0.25) is 5.82 Å². The van der Waals surface area contributed by atoms with Crippen molar-refractivity contribution in [3.63, 3.8) is 0 Å². The topological polar surface area (TPSA) is 110 Å². The highest BCUT2D eigenvalue weighted by atomic mass is 35.5. The fourth-order valence-corrected chi connectivity index (χ4v) is 3.10. The number of para-hydroxylation sites is 2. The van der Waals surface area contributed by atoms with Crippen molar-refractivity contribution in [2.75, 3.05) is 5.32 Å². The lowest BCUT2D eigenvalue weighted by Gasteiger charge is -2.07. The van der Waals surface area contributed by atoms with E-state index in [1.807, 2.05) is 28.8 Å². The first-order valence-corrected chi connectivity index (χ1v) is 8.78. The molecule has 0 radical (unpaired) electrons. The quantitative estimate of drug-likeness (QED) is 0.551. The molecule has 0 unspecified atom stereocenters. The molecule has 0 fully saturated rings. The molecular weight excluding hydrogens is 380 g/mol. The van der Waals surface area contributed by atoms with Crippen LogP contribution in [0.3, 0.4) is 0 Å². The second-order valence-electron chi connectivity index (χ2n) is 5.88. The summed E-state index contributed by atoms with van der Waals surface area (Å²) >= 11 is 6.08. The summed E-state index contributed by atoms with van der Waals surface area (Å²) in [5.41, 5.74) is 2.16. The molecule has 8 nitrogen and oxygen atoms in total. The Labute approximate surface area is 164 Å². The van der Waals surface area contributed by atoms with Crippen molar-refractivity contribution < 1.29 is 9.42 Å². The third-order valence-electron chi connectivity index (χ3n) is 4.15. The Morgan fingerprint density at radius 3 is 2.79 bits per heavy atom. The molecule has 9 heteroatoms. The molecule has 4 aromatic rings. The van der Waals surface area contributed by atoms with Crippen LogP contribution in [0.2, 0.25) is 5.02 Å². The van der Waals surface area contributed by atoms with Gasteiger partial charge in [-0.2, -0.15) is 5.26 Å². The molecule has 0 bridgehead atoms. The number of hydrogen-bond donors (Lipinski definition) is 1. The average molecular weight is 393 g/mol. The Morgan fingerprint density at radius 2 is 1.96 bits per heavy atom. The predicted octanol–water partition coefficient (Wildman–Crippen LogP) is 3.91.